The highest BCUT2D eigenvalue weighted by molar-refractivity contribution is 5.78. The third-order valence-corrected chi connectivity index (χ3v) is 2.52. The highest BCUT2D eigenvalue weighted by atomic mass is 16.1. The number of aldehydes is 1. The number of aryl methyl sites for hydroxylation is 1. The van der Waals surface area contributed by atoms with Gasteiger partial charge in [0.15, 0.2) is 12.4 Å². The standard InChI is InChI=1S/C15H14NO/c1-16-9-7-13(8-10-16)5-6-14-3-2-4-15(11-14)12-17/h2-12H,1H3/q+1. The molecular weight excluding hydrogens is 210 g/mol. The molecule has 0 atom stereocenters. The number of hydrogen-bond donors (Lipinski definition) is 0. The molecule has 0 spiro atoms. The molecule has 0 saturated carbocycles. The molecular formula is C15H14NO+. The van der Waals surface area contributed by atoms with Gasteiger partial charge in [-0.25, -0.2) is 4.57 Å². The number of nitrogens with zero attached hydrogens (tertiary/aromatic N) is 1. The Kier molecular flexibility index (Phi) is 3.46. The van der Waals surface area contributed by atoms with E-state index in [-0.39, 0.29) is 0 Å². The maximum absolute atomic E-state index is 10.6. The van der Waals surface area contributed by atoms with Gasteiger partial charge in [0.05, 0.1) is 0 Å². The van der Waals surface area contributed by atoms with Gasteiger partial charge in [0.1, 0.15) is 13.3 Å². The van der Waals surface area contributed by atoms with Crippen LogP contribution in [0.3, 0.4) is 0 Å². The molecule has 0 N–H and O–H groups in total. The molecule has 2 rings (SSSR count). The van der Waals surface area contributed by atoms with Gasteiger partial charge in [0, 0.05) is 17.7 Å². The van der Waals surface area contributed by atoms with Crippen LogP contribution in [0.15, 0.2) is 48.8 Å². The first-order valence-corrected chi connectivity index (χ1v) is 5.46. The maximum Gasteiger partial charge on any atom is 0.169 e. The molecule has 1 heterocycles. The second kappa shape index (κ2) is 5.21. The molecule has 17 heavy (non-hydrogen) atoms. The molecule has 1 aromatic carbocycles. The van der Waals surface area contributed by atoms with Crippen molar-refractivity contribution in [1.82, 2.24) is 0 Å². The summed E-state index contributed by atoms with van der Waals surface area (Å²) in [6.45, 7) is 0. The molecule has 2 aromatic rings. The Balaban J connectivity index is 2.19. The van der Waals surface area contributed by atoms with E-state index < -0.39 is 0 Å². The van der Waals surface area contributed by atoms with Crippen molar-refractivity contribution < 1.29 is 9.36 Å². The summed E-state index contributed by atoms with van der Waals surface area (Å²) in [5, 5.41) is 0. The second-order valence-electron chi connectivity index (χ2n) is 3.92. The van der Waals surface area contributed by atoms with E-state index in [4.69, 9.17) is 0 Å². The highest BCUT2D eigenvalue weighted by Gasteiger charge is 1.93. The molecule has 2 heteroatoms. The Morgan fingerprint density at radius 3 is 2.29 bits per heavy atom. The Bertz CT molecular complexity index is 541. The monoisotopic (exact) mass is 224 g/mol. The fourth-order valence-electron chi connectivity index (χ4n) is 1.55. The average Bonchev–Trinajstić information content (AvgIpc) is 2.38. The number of carbonyl (C=O) groups is 1. The van der Waals surface area contributed by atoms with E-state index >= 15 is 0 Å². The van der Waals surface area contributed by atoms with E-state index in [9.17, 15) is 4.79 Å². The lowest BCUT2D eigenvalue weighted by Gasteiger charge is -1.95. The molecule has 0 amide bonds. The molecule has 0 saturated heterocycles. The number of pyridine rings is 1. The predicted octanol–water partition coefficient (Wildman–Crippen LogP) is 2.49. The van der Waals surface area contributed by atoms with E-state index in [0.717, 1.165) is 17.4 Å². The van der Waals surface area contributed by atoms with Gasteiger partial charge in [-0.15, -0.1) is 0 Å². The second-order valence-corrected chi connectivity index (χ2v) is 3.92. The Labute approximate surface area is 101 Å². The Morgan fingerprint density at radius 1 is 0.941 bits per heavy atom. The van der Waals surface area contributed by atoms with Gasteiger partial charge < -0.3 is 0 Å². The zero-order valence-electron chi connectivity index (χ0n) is 9.71. The lowest BCUT2D eigenvalue weighted by Crippen LogP contribution is -2.25. The predicted molar refractivity (Wildman–Crippen MR) is 68.4 cm³/mol. The van der Waals surface area contributed by atoms with E-state index in [2.05, 4.69) is 0 Å². The summed E-state index contributed by atoms with van der Waals surface area (Å²) in [5.74, 6) is 0. The van der Waals surface area contributed by atoms with Crippen LogP contribution in [-0.2, 0) is 7.05 Å². The number of carbonyl (C=O) groups excluding carboxylic acids is 1. The summed E-state index contributed by atoms with van der Waals surface area (Å²) in [7, 11) is 1.99. The van der Waals surface area contributed by atoms with Crippen LogP contribution in [0.25, 0.3) is 12.2 Å². The third-order valence-electron chi connectivity index (χ3n) is 2.52. The summed E-state index contributed by atoms with van der Waals surface area (Å²) >= 11 is 0. The lowest BCUT2D eigenvalue weighted by molar-refractivity contribution is -0.671. The van der Waals surface area contributed by atoms with Crippen molar-refractivity contribution in [3.8, 4) is 0 Å². The molecule has 0 radical (unpaired) electrons. The van der Waals surface area contributed by atoms with Crippen molar-refractivity contribution in [2.24, 2.45) is 7.05 Å². The number of benzene rings is 1. The van der Waals surface area contributed by atoms with E-state index in [1.165, 1.54) is 0 Å². The zero-order chi connectivity index (χ0) is 12.1. The van der Waals surface area contributed by atoms with Crippen molar-refractivity contribution in [3.63, 3.8) is 0 Å². The van der Waals surface area contributed by atoms with Crippen LogP contribution in [0.4, 0.5) is 0 Å². The molecule has 0 aliphatic carbocycles. The van der Waals surface area contributed by atoms with Gasteiger partial charge in [-0.2, -0.15) is 0 Å². The van der Waals surface area contributed by atoms with Crippen LogP contribution >= 0.6 is 0 Å². The fourth-order valence-corrected chi connectivity index (χ4v) is 1.55. The molecule has 0 aliphatic heterocycles. The SMILES string of the molecule is C[n+]1ccc(C=Cc2cccc(C=O)c2)cc1. The number of aromatic nitrogens is 1. The van der Waals surface area contributed by atoms with Crippen LogP contribution < -0.4 is 4.57 Å². The summed E-state index contributed by atoms with van der Waals surface area (Å²) in [6.07, 6.45) is 8.90. The average molecular weight is 224 g/mol. The van der Waals surface area contributed by atoms with Gasteiger partial charge in [-0.1, -0.05) is 30.4 Å². The van der Waals surface area contributed by atoms with Gasteiger partial charge in [0.25, 0.3) is 0 Å². The molecule has 84 valence electrons. The smallest absolute Gasteiger partial charge is 0.169 e. The van der Waals surface area contributed by atoms with E-state index in [1.807, 2.05) is 66.5 Å². The Morgan fingerprint density at radius 2 is 1.59 bits per heavy atom. The van der Waals surface area contributed by atoms with E-state index in [1.54, 1.807) is 6.07 Å². The fraction of sp³-hybridized carbons (Fsp3) is 0.0667. The molecule has 0 fully saturated rings. The van der Waals surface area contributed by atoms with Crippen LogP contribution in [0.5, 0.6) is 0 Å². The van der Waals surface area contributed by atoms with Gasteiger partial charge in [-0.05, 0) is 17.2 Å². The molecule has 0 unspecified atom stereocenters. The van der Waals surface area contributed by atoms with Gasteiger partial charge in [0.2, 0.25) is 0 Å². The minimum atomic E-state index is 0.701. The maximum atomic E-state index is 10.6. The highest BCUT2D eigenvalue weighted by Crippen LogP contribution is 2.08. The first-order chi connectivity index (χ1) is 8.28. The van der Waals surface area contributed by atoms with Crippen LogP contribution in [0.2, 0.25) is 0 Å². The van der Waals surface area contributed by atoms with E-state index in [0.29, 0.717) is 5.56 Å². The molecule has 0 aliphatic rings. The van der Waals surface area contributed by atoms with Gasteiger partial charge >= 0.3 is 0 Å². The Hall–Kier alpha value is -2.22. The zero-order valence-corrected chi connectivity index (χ0v) is 9.71. The topological polar surface area (TPSA) is 20.9 Å². The molecule has 1 aromatic heterocycles. The summed E-state index contributed by atoms with van der Waals surface area (Å²) in [6, 6.07) is 11.6. The lowest BCUT2D eigenvalue weighted by atomic mass is 10.1. The van der Waals surface area contributed by atoms with Crippen molar-refractivity contribution in [2.75, 3.05) is 0 Å². The number of hydrogen-bond acceptors (Lipinski definition) is 1. The summed E-state index contributed by atoms with van der Waals surface area (Å²) < 4.78 is 1.99. The first kappa shape index (κ1) is 11.3. The van der Waals surface area contributed by atoms with Crippen molar-refractivity contribution in [2.45, 2.75) is 0 Å². The first-order valence-electron chi connectivity index (χ1n) is 5.46. The van der Waals surface area contributed by atoms with Crippen LogP contribution in [-0.4, -0.2) is 6.29 Å². The minimum absolute atomic E-state index is 0.701. The molecule has 2 nitrogen and oxygen atoms in total. The third kappa shape index (κ3) is 3.11. The number of rotatable bonds is 3. The normalized spacial score (nSPS) is 10.6. The largest absolute Gasteiger partial charge is 0.298 e. The quantitative estimate of drug-likeness (QED) is 0.579. The van der Waals surface area contributed by atoms with Crippen molar-refractivity contribution in [3.05, 3.63) is 65.5 Å². The van der Waals surface area contributed by atoms with Crippen molar-refractivity contribution in [1.29, 1.82) is 0 Å². The minimum Gasteiger partial charge on any atom is -0.298 e. The summed E-state index contributed by atoms with van der Waals surface area (Å²) in [4.78, 5) is 10.6. The molecule has 0 bridgehead atoms. The summed E-state index contributed by atoms with van der Waals surface area (Å²) in [5.41, 5.74) is 2.87. The van der Waals surface area contributed by atoms with Crippen molar-refractivity contribution >= 4 is 18.4 Å². The van der Waals surface area contributed by atoms with Crippen LogP contribution in [0, 0.1) is 0 Å². The van der Waals surface area contributed by atoms with Gasteiger partial charge in [-0.3, -0.25) is 4.79 Å². The van der Waals surface area contributed by atoms with Crippen LogP contribution in [0.1, 0.15) is 21.5 Å².